The van der Waals surface area contributed by atoms with Crippen LogP contribution in [0, 0.1) is 5.82 Å². The fraction of sp³-hybridized carbons (Fsp3) is 0.529. The van der Waals surface area contributed by atoms with Crippen LogP contribution in [0.3, 0.4) is 0 Å². The molecule has 5 nitrogen and oxygen atoms in total. The number of rotatable bonds is 8. The van der Waals surface area contributed by atoms with Gasteiger partial charge >= 0.3 is 0 Å². The van der Waals surface area contributed by atoms with Gasteiger partial charge in [-0.15, -0.1) is 0 Å². The summed E-state index contributed by atoms with van der Waals surface area (Å²) in [4.78, 5) is 17.4. The zero-order chi connectivity index (χ0) is 17.1. The smallest absolute Gasteiger partial charge is 0.243 e. The number of nitrogens with zero attached hydrogens (tertiary/aromatic N) is 2. The predicted octanol–water partition coefficient (Wildman–Crippen LogP) is 1.79. The van der Waals surface area contributed by atoms with E-state index >= 15 is 0 Å². The van der Waals surface area contributed by atoms with E-state index in [4.69, 9.17) is 0 Å². The van der Waals surface area contributed by atoms with Crippen molar-refractivity contribution in [3.8, 4) is 0 Å². The maximum absolute atomic E-state index is 13.1. The van der Waals surface area contributed by atoms with Crippen molar-refractivity contribution in [3.63, 3.8) is 0 Å². The molecule has 0 fully saturated rings. The molecule has 1 amide bonds. The lowest BCUT2D eigenvalue weighted by Crippen LogP contribution is -2.40. The van der Waals surface area contributed by atoms with Crippen LogP contribution in [0.1, 0.15) is 25.3 Å². The summed E-state index contributed by atoms with van der Waals surface area (Å²) in [6.45, 7) is 3.65. The minimum Gasteiger partial charge on any atom is -0.356 e. The minimum atomic E-state index is -0.228. The Morgan fingerprint density at radius 3 is 2.65 bits per heavy atom. The number of guanidine groups is 1. The maximum atomic E-state index is 13.1. The molecule has 1 aromatic carbocycles. The highest BCUT2D eigenvalue weighted by Crippen LogP contribution is 2.03. The first-order valence-electron chi connectivity index (χ1n) is 7.99. The van der Waals surface area contributed by atoms with Gasteiger partial charge in [0, 0.05) is 27.2 Å². The molecule has 0 unspecified atom stereocenters. The first-order chi connectivity index (χ1) is 11.0. The largest absolute Gasteiger partial charge is 0.356 e. The van der Waals surface area contributed by atoms with Crippen molar-refractivity contribution in [1.82, 2.24) is 15.5 Å². The van der Waals surface area contributed by atoms with Gasteiger partial charge in [0.1, 0.15) is 12.4 Å². The van der Waals surface area contributed by atoms with Crippen molar-refractivity contribution < 1.29 is 9.18 Å². The second-order valence-electron chi connectivity index (χ2n) is 5.54. The molecule has 0 aliphatic heterocycles. The van der Waals surface area contributed by atoms with Crippen molar-refractivity contribution >= 4 is 11.9 Å². The zero-order valence-electron chi connectivity index (χ0n) is 14.2. The van der Waals surface area contributed by atoms with Crippen molar-refractivity contribution in [2.24, 2.45) is 4.99 Å². The van der Waals surface area contributed by atoms with Crippen LogP contribution in [0.5, 0.6) is 0 Å². The Morgan fingerprint density at radius 2 is 2.00 bits per heavy atom. The molecule has 0 radical (unpaired) electrons. The highest BCUT2D eigenvalue weighted by atomic mass is 19.1. The van der Waals surface area contributed by atoms with Gasteiger partial charge < -0.3 is 15.5 Å². The predicted molar refractivity (Wildman–Crippen MR) is 92.0 cm³/mol. The van der Waals surface area contributed by atoms with Crippen LogP contribution in [-0.2, 0) is 11.2 Å². The molecule has 6 heteroatoms. The standard InChI is InChI=1S/C17H27FN4O/c1-4-5-10-19-17(21-13-16(23)22(2)3)20-11-9-14-7-6-8-15(18)12-14/h6-8,12H,4-5,9-11,13H2,1-3H3,(H2,19,20,21). The molecular weight excluding hydrogens is 295 g/mol. The van der Waals surface area contributed by atoms with E-state index in [0.29, 0.717) is 18.9 Å². The topological polar surface area (TPSA) is 56.7 Å². The molecule has 0 aliphatic carbocycles. The third-order valence-electron chi connectivity index (χ3n) is 3.29. The van der Waals surface area contributed by atoms with Crippen LogP contribution < -0.4 is 10.6 Å². The van der Waals surface area contributed by atoms with E-state index in [1.165, 1.54) is 17.0 Å². The number of hydrogen-bond donors (Lipinski definition) is 2. The number of aliphatic imine (C=N–C) groups is 1. The number of halogens is 1. The lowest BCUT2D eigenvalue weighted by atomic mass is 10.1. The van der Waals surface area contributed by atoms with Gasteiger partial charge in [0.05, 0.1) is 0 Å². The van der Waals surface area contributed by atoms with E-state index in [0.717, 1.165) is 24.9 Å². The fourth-order valence-corrected chi connectivity index (χ4v) is 1.86. The van der Waals surface area contributed by atoms with Crippen LogP contribution >= 0.6 is 0 Å². The lowest BCUT2D eigenvalue weighted by Gasteiger charge is -2.13. The number of benzene rings is 1. The van der Waals surface area contributed by atoms with Gasteiger partial charge in [0.25, 0.3) is 0 Å². The molecule has 2 N–H and O–H groups in total. The fourth-order valence-electron chi connectivity index (χ4n) is 1.86. The van der Waals surface area contributed by atoms with Crippen LogP contribution in [0.2, 0.25) is 0 Å². The number of unbranched alkanes of at least 4 members (excludes halogenated alkanes) is 1. The molecule has 1 rings (SSSR count). The molecule has 1 aromatic rings. The molecule has 0 aromatic heterocycles. The SMILES string of the molecule is CCCCNC(=NCC(=O)N(C)C)NCCc1cccc(F)c1. The molecular formula is C17H27FN4O. The summed E-state index contributed by atoms with van der Waals surface area (Å²) < 4.78 is 13.1. The van der Waals surface area contributed by atoms with E-state index in [-0.39, 0.29) is 18.3 Å². The average Bonchev–Trinajstić information content (AvgIpc) is 2.51. The van der Waals surface area contributed by atoms with Crippen molar-refractivity contribution in [1.29, 1.82) is 0 Å². The second-order valence-corrected chi connectivity index (χ2v) is 5.54. The second kappa shape index (κ2) is 10.6. The van der Waals surface area contributed by atoms with Gasteiger partial charge in [-0.05, 0) is 30.5 Å². The van der Waals surface area contributed by atoms with Gasteiger partial charge in [-0.1, -0.05) is 25.5 Å². The highest BCUT2D eigenvalue weighted by molar-refractivity contribution is 5.84. The lowest BCUT2D eigenvalue weighted by molar-refractivity contribution is -0.127. The van der Waals surface area contributed by atoms with Gasteiger partial charge in [-0.2, -0.15) is 0 Å². The summed E-state index contributed by atoms with van der Waals surface area (Å²) in [6, 6.07) is 6.55. The minimum absolute atomic E-state index is 0.0493. The summed E-state index contributed by atoms with van der Waals surface area (Å²) in [5, 5.41) is 6.39. The highest BCUT2D eigenvalue weighted by Gasteiger charge is 2.04. The van der Waals surface area contributed by atoms with Gasteiger partial charge in [0.15, 0.2) is 5.96 Å². The molecule has 128 valence electrons. The Hall–Kier alpha value is -2.11. The van der Waals surface area contributed by atoms with Gasteiger partial charge in [-0.25, -0.2) is 9.38 Å². The van der Waals surface area contributed by atoms with E-state index in [1.807, 2.05) is 6.07 Å². The Kier molecular flexibility index (Phi) is 8.72. The molecule has 0 bridgehead atoms. The van der Waals surface area contributed by atoms with Crippen LogP contribution in [0.15, 0.2) is 29.3 Å². The monoisotopic (exact) mass is 322 g/mol. The summed E-state index contributed by atoms with van der Waals surface area (Å²) >= 11 is 0. The maximum Gasteiger partial charge on any atom is 0.243 e. The van der Waals surface area contributed by atoms with Gasteiger partial charge in [-0.3, -0.25) is 4.79 Å². The van der Waals surface area contributed by atoms with E-state index in [1.54, 1.807) is 20.2 Å². The van der Waals surface area contributed by atoms with Gasteiger partial charge in [0.2, 0.25) is 5.91 Å². The number of likely N-dealkylation sites (N-methyl/N-ethyl adjacent to an activating group) is 1. The Balaban J connectivity index is 2.50. The van der Waals surface area contributed by atoms with Crippen molar-refractivity contribution in [2.45, 2.75) is 26.2 Å². The Morgan fingerprint density at radius 1 is 1.26 bits per heavy atom. The first kappa shape index (κ1) is 18.9. The van der Waals surface area contributed by atoms with E-state index in [2.05, 4.69) is 22.5 Å². The number of carbonyl (C=O) groups excluding carboxylic acids is 1. The molecule has 0 spiro atoms. The molecule has 0 heterocycles. The van der Waals surface area contributed by atoms with Crippen molar-refractivity contribution in [3.05, 3.63) is 35.6 Å². The summed E-state index contributed by atoms with van der Waals surface area (Å²) in [5.74, 6) is 0.339. The quantitative estimate of drug-likeness (QED) is 0.436. The molecule has 0 saturated carbocycles. The summed E-state index contributed by atoms with van der Waals surface area (Å²) in [6.07, 6.45) is 2.81. The average molecular weight is 322 g/mol. The Labute approximate surface area is 138 Å². The van der Waals surface area contributed by atoms with Crippen molar-refractivity contribution in [2.75, 3.05) is 33.7 Å². The summed E-state index contributed by atoms with van der Waals surface area (Å²) in [5.41, 5.74) is 0.926. The van der Waals surface area contributed by atoms with Crippen LogP contribution in [-0.4, -0.2) is 50.5 Å². The summed E-state index contributed by atoms with van der Waals surface area (Å²) in [7, 11) is 3.42. The third kappa shape index (κ3) is 8.18. The number of nitrogens with one attached hydrogen (secondary N) is 2. The zero-order valence-corrected chi connectivity index (χ0v) is 14.2. The third-order valence-corrected chi connectivity index (χ3v) is 3.29. The molecule has 0 atom stereocenters. The number of amides is 1. The Bertz CT molecular complexity index is 517. The molecule has 23 heavy (non-hydrogen) atoms. The van der Waals surface area contributed by atoms with E-state index < -0.39 is 0 Å². The molecule has 0 saturated heterocycles. The first-order valence-corrected chi connectivity index (χ1v) is 7.99. The van der Waals surface area contributed by atoms with Crippen LogP contribution in [0.25, 0.3) is 0 Å². The number of hydrogen-bond acceptors (Lipinski definition) is 2. The van der Waals surface area contributed by atoms with Crippen LogP contribution in [0.4, 0.5) is 4.39 Å². The number of carbonyl (C=O) groups is 1. The van der Waals surface area contributed by atoms with E-state index in [9.17, 15) is 9.18 Å². The molecule has 0 aliphatic rings. The normalized spacial score (nSPS) is 11.2.